The van der Waals surface area contributed by atoms with Crippen molar-refractivity contribution >= 4 is 6.09 Å². The number of likely N-dealkylation sites (tertiary alicyclic amines) is 1. The highest BCUT2D eigenvalue weighted by atomic mass is 16.6. The van der Waals surface area contributed by atoms with Gasteiger partial charge in [0.15, 0.2) is 0 Å². The van der Waals surface area contributed by atoms with Gasteiger partial charge in [-0.25, -0.2) is 4.79 Å². The van der Waals surface area contributed by atoms with Crippen LogP contribution in [-0.4, -0.2) is 49.4 Å². The zero-order chi connectivity index (χ0) is 16.2. The normalized spacial score (nSPS) is 17.0. The Hall–Kier alpha value is -1.59. The molecule has 0 saturated carbocycles. The van der Waals surface area contributed by atoms with E-state index < -0.39 is 5.60 Å². The van der Waals surface area contributed by atoms with E-state index >= 15 is 0 Å². The van der Waals surface area contributed by atoms with Gasteiger partial charge in [0, 0.05) is 26.2 Å². The van der Waals surface area contributed by atoms with E-state index in [9.17, 15) is 4.79 Å². The van der Waals surface area contributed by atoms with Crippen LogP contribution >= 0.6 is 0 Å². The molecule has 122 valence electrons. The van der Waals surface area contributed by atoms with Crippen LogP contribution in [0.25, 0.3) is 0 Å². The molecule has 1 aliphatic heterocycles. The minimum atomic E-state index is -0.446. The Morgan fingerprint density at radius 3 is 2.50 bits per heavy atom. The molecular weight excluding hydrogens is 280 g/mol. The molecule has 0 aromatic heterocycles. The van der Waals surface area contributed by atoms with Gasteiger partial charge in [-0.2, -0.15) is 0 Å². The van der Waals surface area contributed by atoms with E-state index in [1.165, 1.54) is 5.56 Å². The molecule has 1 N–H and O–H groups in total. The number of hydrogen-bond donors (Lipinski definition) is 1. The highest BCUT2D eigenvalue weighted by Crippen LogP contribution is 2.19. The van der Waals surface area contributed by atoms with Crippen LogP contribution < -0.4 is 5.32 Å². The number of nitrogens with zero attached hydrogens (tertiary/aromatic N) is 1. The van der Waals surface area contributed by atoms with Crippen LogP contribution in [0.5, 0.6) is 0 Å². The molecule has 5 heteroatoms. The summed E-state index contributed by atoms with van der Waals surface area (Å²) in [5.74, 6) is 0. The lowest BCUT2D eigenvalue weighted by atomic mass is 10.0. The zero-order valence-electron chi connectivity index (χ0n) is 13.8. The Bertz CT molecular complexity index is 478. The smallest absolute Gasteiger partial charge is 0.410 e. The summed E-state index contributed by atoms with van der Waals surface area (Å²) in [6, 6.07) is 10.6. The SMILES string of the molecule is COCC(NC1CN(C(=O)OC(C)(C)C)C1)c1ccccc1. The topological polar surface area (TPSA) is 50.8 Å². The maximum atomic E-state index is 11.9. The van der Waals surface area contributed by atoms with Gasteiger partial charge in [0.25, 0.3) is 0 Å². The predicted octanol–water partition coefficient (Wildman–Crippen LogP) is 2.58. The van der Waals surface area contributed by atoms with E-state index in [4.69, 9.17) is 9.47 Å². The Morgan fingerprint density at radius 2 is 1.95 bits per heavy atom. The van der Waals surface area contributed by atoms with E-state index in [0.717, 1.165) is 0 Å². The van der Waals surface area contributed by atoms with E-state index in [1.807, 2.05) is 39.0 Å². The molecule has 2 rings (SSSR count). The van der Waals surface area contributed by atoms with Crippen LogP contribution in [0.4, 0.5) is 4.79 Å². The molecule has 1 atom stereocenters. The number of nitrogens with one attached hydrogen (secondary N) is 1. The monoisotopic (exact) mass is 306 g/mol. The van der Waals surface area contributed by atoms with E-state index in [-0.39, 0.29) is 18.2 Å². The fraction of sp³-hybridized carbons (Fsp3) is 0.588. The standard InChI is InChI=1S/C17H26N2O3/c1-17(2,3)22-16(20)19-10-14(11-19)18-15(12-21-4)13-8-6-5-7-9-13/h5-9,14-15,18H,10-12H2,1-4H3. The zero-order valence-corrected chi connectivity index (χ0v) is 13.8. The number of carbonyl (C=O) groups is 1. The van der Waals surface area contributed by atoms with Crippen molar-refractivity contribution in [2.75, 3.05) is 26.8 Å². The molecule has 0 radical (unpaired) electrons. The van der Waals surface area contributed by atoms with Gasteiger partial charge in [0.05, 0.1) is 12.6 Å². The second-order valence-corrected chi connectivity index (χ2v) is 6.67. The Labute approximate surface area is 132 Å². The molecule has 1 fully saturated rings. The first-order valence-electron chi connectivity index (χ1n) is 7.67. The number of ether oxygens (including phenoxy) is 2. The second kappa shape index (κ2) is 7.11. The molecule has 0 aliphatic carbocycles. The highest BCUT2D eigenvalue weighted by molar-refractivity contribution is 5.69. The third-order valence-electron chi connectivity index (χ3n) is 3.51. The summed E-state index contributed by atoms with van der Waals surface area (Å²) in [6.07, 6.45) is -0.242. The number of carbonyl (C=O) groups excluding carboxylic acids is 1. The first kappa shape index (κ1) is 16.8. The molecular formula is C17H26N2O3. The van der Waals surface area contributed by atoms with Crippen LogP contribution in [0, 0.1) is 0 Å². The summed E-state index contributed by atoms with van der Waals surface area (Å²) < 4.78 is 10.7. The Morgan fingerprint density at radius 1 is 1.32 bits per heavy atom. The van der Waals surface area contributed by atoms with Crippen molar-refractivity contribution in [1.82, 2.24) is 10.2 Å². The second-order valence-electron chi connectivity index (χ2n) is 6.67. The highest BCUT2D eigenvalue weighted by Gasteiger charge is 2.34. The first-order chi connectivity index (χ1) is 10.4. The molecule has 0 spiro atoms. The van der Waals surface area contributed by atoms with Crippen LogP contribution in [0.15, 0.2) is 30.3 Å². The van der Waals surface area contributed by atoms with E-state index in [1.54, 1.807) is 12.0 Å². The van der Waals surface area contributed by atoms with Crippen molar-refractivity contribution in [1.29, 1.82) is 0 Å². The van der Waals surface area contributed by atoms with E-state index in [2.05, 4.69) is 17.4 Å². The lowest BCUT2D eigenvalue weighted by molar-refractivity contribution is 0.00286. The number of amides is 1. The predicted molar refractivity (Wildman–Crippen MR) is 85.8 cm³/mol. The number of benzene rings is 1. The summed E-state index contributed by atoms with van der Waals surface area (Å²) in [6.45, 7) is 7.58. The molecule has 1 aromatic carbocycles. The first-order valence-corrected chi connectivity index (χ1v) is 7.67. The minimum absolute atomic E-state index is 0.136. The fourth-order valence-electron chi connectivity index (χ4n) is 2.44. The van der Waals surface area contributed by atoms with Gasteiger partial charge < -0.3 is 19.7 Å². The summed E-state index contributed by atoms with van der Waals surface area (Å²) in [5.41, 5.74) is 0.748. The maximum Gasteiger partial charge on any atom is 0.410 e. The number of methoxy groups -OCH3 is 1. The quantitative estimate of drug-likeness (QED) is 0.908. The van der Waals surface area contributed by atoms with Crippen LogP contribution in [-0.2, 0) is 9.47 Å². The van der Waals surface area contributed by atoms with Crippen molar-refractivity contribution in [2.45, 2.75) is 38.5 Å². The van der Waals surface area contributed by atoms with Crippen LogP contribution in [0.3, 0.4) is 0 Å². The molecule has 1 amide bonds. The average Bonchev–Trinajstić information content (AvgIpc) is 2.40. The van der Waals surface area contributed by atoms with Gasteiger partial charge >= 0.3 is 6.09 Å². The molecule has 1 aliphatic rings. The van der Waals surface area contributed by atoms with Gasteiger partial charge in [-0.3, -0.25) is 0 Å². The number of rotatable bonds is 5. The van der Waals surface area contributed by atoms with Crippen LogP contribution in [0.2, 0.25) is 0 Å². The van der Waals surface area contributed by atoms with Gasteiger partial charge in [-0.1, -0.05) is 30.3 Å². The summed E-state index contributed by atoms with van der Waals surface area (Å²) in [5, 5.41) is 3.54. The molecule has 22 heavy (non-hydrogen) atoms. The fourth-order valence-corrected chi connectivity index (χ4v) is 2.44. The van der Waals surface area contributed by atoms with Crippen LogP contribution in [0.1, 0.15) is 32.4 Å². The molecule has 5 nitrogen and oxygen atoms in total. The van der Waals surface area contributed by atoms with Crippen molar-refractivity contribution in [3.05, 3.63) is 35.9 Å². The maximum absolute atomic E-state index is 11.9. The largest absolute Gasteiger partial charge is 0.444 e. The van der Waals surface area contributed by atoms with E-state index in [0.29, 0.717) is 19.7 Å². The van der Waals surface area contributed by atoms with Crippen molar-refractivity contribution in [2.24, 2.45) is 0 Å². The average molecular weight is 306 g/mol. The molecule has 0 bridgehead atoms. The van der Waals surface area contributed by atoms with Crippen molar-refractivity contribution < 1.29 is 14.3 Å². The van der Waals surface area contributed by atoms with Gasteiger partial charge in [0.2, 0.25) is 0 Å². The molecule has 1 unspecified atom stereocenters. The lowest BCUT2D eigenvalue weighted by Crippen LogP contribution is -2.61. The van der Waals surface area contributed by atoms with Gasteiger partial charge in [-0.15, -0.1) is 0 Å². The Balaban J connectivity index is 1.83. The molecule has 1 saturated heterocycles. The third kappa shape index (κ3) is 4.71. The minimum Gasteiger partial charge on any atom is -0.444 e. The molecule has 1 aromatic rings. The van der Waals surface area contributed by atoms with Crippen molar-refractivity contribution in [3.63, 3.8) is 0 Å². The van der Waals surface area contributed by atoms with Crippen molar-refractivity contribution in [3.8, 4) is 0 Å². The Kier molecular flexibility index (Phi) is 5.42. The summed E-state index contributed by atoms with van der Waals surface area (Å²) in [4.78, 5) is 13.6. The van der Waals surface area contributed by atoms with Gasteiger partial charge in [-0.05, 0) is 26.3 Å². The number of hydrogen-bond acceptors (Lipinski definition) is 4. The third-order valence-corrected chi connectivity index (χ3v) is 3.51. The summed E-state index contributed by atoms with van der Waals surface area (Å²) in [7, 11) is 1.70. The summed E-state index contributed by atoms with van der Waals surface area (Å²) >= 11 is 0. The molecule has 1 heterocycles. The lowest BCUT2D eigenvalue weighted by Gasteiger charge is -2.41. The van der Waals surface area contributed by atoms with Gasteiger partial charge in [0.1, 0.15) is 5.60 Å².